The lowest BCUT2D eigenvalue weighted by Crippen LogP contribution is -2.26. The number of ether oxygens (including phenoxy) is 1. The van der Waals surface area contributed by atoms with Crippen molar-refractivity contribution in [3.05, 3.63) is 24.3 Å². The summed E-state index contributed by atoms with van der Waals surface area (Å²) in [7, 11) is 1.65. The molecule has 0 spiro atoms. The van der Waals surface area contributed by atoms with E-state index in [9.17, 15) is 0 Å². The Morgan fingerprint density at radius 1 is 1.33 bits per heavy atom. The first-order chi connectivity index (χ1) is 8.74. The second-order valence-electron chi connectivity index (χ2n) is 4.20. The third-order valence-electron chi connectivity index (χ3n) is 2.52. The molecule has 3 heteroatoms. The summed E-state index contributed by atoms with van der Waals surface area (Å²) in [6.07, 6.45) is 11.8. The molecule has 0 aliphatic carbocycles. The van der Waals surface area contributed by atoms with Crippen molar-refractivity contribution < 1.29 is 4.74 Å². The molecule has 1 unspecified atom stereocenters. The van der Waals surface area contributed by atoms with Crippen LogP contribution in [0.4, 0.5) is 0 Å². The van der Waals surface area contributed by atoms with Crippen molar-refractivity contribution in [3.63, 3.8) is 0 Å². The van der Waals surface area contributed by atoms with E-state index in [1.807, 2.05) is 6.92 Å². The lowest BCUT2D eigenvalue weighted by molar-refractivity contribution is 0.395. The van der Waals surface area contributed by atoms with Crippen molar-refractivity contribution in [2.75, 3.05) is 20.2 Å². The van der Waals surface area contributed by atoms with Crippen molar-refractivity contribution in [2.45, 2.75) is 46.1 Å². The fraction of sp³-hybridized carbons (Fsp3) is 0.667. The van der Waals surface area contributed by atoms with Crippen molar-refractivity contribution in [1.82, 2.24) is 5.32 Å². The molecule has 0 radical (unpaired) electrons. The maximum Gasteiger partial charge on any atom is 0.180 e. The number of aliphatic imine (C=N–C) groups is 1. The fourth-order valence-corrected chi connectivity index (χ4v) is 1.40. The van der Waals surface area contributed by atoms with Crippen LogP contribution in [0.3, 0.4) is 0 Å². The minimum Gasteiger partial charge on any atom is -0.484 e. The first-order valence-electron chi connectivity index (χ1n) is 6.87. The lowest BCUT2D eigenvalue weighted by Gasteiger charge is -2.10. The van der Waals surface area contributed by atoms with Gasteiger partial charge in [0.2, 0.25) is 0 Å². The van der Waals surface area contributed by atoms with Gasteiger partial charge in [-0.2, -0.15) is 0 Å². The summed E-state index contributed by atoms with van der Waals surface area (Å²) in [5.74, 6) is 0.724. The Morgan fingerprint density at radius 3 is 2.72 bits per heavy atom. The summed E-state index contributed by atoms with van der Waals surface area (Å²) >= 11 is 0. The topological polar surface area (TPSA) is 33.6 Å². The van der Waals surface area contributed by atoms with Gasteiger partial charge < -0.3 is 10.1 Å². The molecule has 104 valence electrons. The van der Waals surface area contributed by atoms with E-state index < -0.39 is 0 Å². The van der Waals surface area contributed by atoms with Gasteiger partial charge in [-0.05, 0) is 19.4 Å². The molecular formula is C15H28N2O. The Bertz CT molecular complexity index is 270. The number of rotatable bonds is 9. The fourth-order valence-electron chi connectivity index (χ4n) is 1.40. The first-order valence-corrected chi connectivity index (χ1v) is 6.87. The zero-order valence-corrected chi connectivity index (χ0v) is 12.3. The number of allylic oxidation sites excluding steroid dienone is 3. The minimum absolute atomic E-state index is 0.142. The van der Waals surface area contributed by atoms with E-state index in [0.29, 0.717) is 0 Å². The Kier molecular flexibility index (Phi) is 11.6. The summed E-state index contributed by atoms with van der Waals surface area (Å²) in [6.45, 7) is 8.11. The molecule has 0 fully saturated rings. The molecule has 0 aromatic rings. The number of nitrogens with one attached hydrogen (secondary N) is 1. The first kappa shape index (κ1) is 16.9. The molecule has 1 N–H and O–H groups in total. The molecule has 0 aliphatic heterocycles. The molecule has 0 aliphatic rings. The standard InChI is InChI=1S/C15H28N2O/c1-5-7-9-10-11-15(17-14(3)18-4)13-16-12-8-6-2/h7,9-11,15-16H,5-6,8,12-13H2,1-4H3. The highest BCUT2D eigenvalue weighted by Crippen LogP contribution is 1.96. The lowest BCUT2D eigenvalue weighted by atomic mass is 10.2. The van der Waals surface area contributed by atoms with Crippen molar-refractivity contribution >= 4 is 5.90 Å². The highest BCUT2D eigenvalue weighted by Gasteiger charge is 2.02. The third kappa shape index (κ3) is 10.1. The van der Waals surface area contributed by atoms with E-state index in [-0.39, 0.29) is 6.04 Å². The Hall–Kier alpha value is -1.09. The molecule has 0 heterocycles. The van der Waals surface area contributed by atoms with E-state index in [4.69, 9.17) is 4.74 Å². The van der Waals surface area contributed by atoms with Crippen LogP contribution in [0.1, 0.15) is 40.0 Å². The number of unbranched alkanes of at least 4 members (excludes halogenated alkanes) is 1. The van der Waals surface area contributed by atoms with E-state index in [2.05, 4.69) is 48.5 Å². The summed E-state index contributed by atoms with van der Waals surface area (Å²) in [5, 5.41) is 3.42. The predicted octanol–water partition coefficient (Wildman–Crippen LogP) is 3.33. The SMILES string of the molecule is CCC=CC=CC(CNCCCC)N=C(C)OC. The zero-order valence-electron chi connectivity index (χ0n) is 12.3. The van der Waals surface area contributed by atoms with E-state index >= 15 is 0 Å². The molecule has 1 atom stereocenters. The van der Waals surface area contributed by atoms with Crippen LogP contribution in [0.25, 0.3) is 0 Å². The number of methoxy groups -OCH3 is 1. The van der Waals surface area contributed by atoms with Gasteiger partial charge in [-0.15, -0.1) is 0 Å². The van der Waals surface area contributed by atoms with Gasteiger partial charge in [0.05, 0.1) is 13.2 Å². The quantitative estimate of drug-likeness (QED) is 0.295. The summed E-state index contributed by atoms with van der Waals surface area (Å²) in [5.41, 5.74) is 0. The van der Waals surface area contributed by atoms with Gasteiger partial charge in [0.1, 0.15) is 0 Å². The molecule has 0 saturated heterocycles. The molecule has 18 heavy (non-hydrogen) atoms. The predicted molar refractivity (Wildman–Crippen MR) is 80.3 cm³/mol. The summed E-state index contributed by atoms with van der Waals surface area (Å²) < 4.78 is 5.11. The Labute approximate surface area is 112 Å². The van der Waals surface area contributed by atoms with Gasteiger partial charge >= 0.3 is 0 Å². The second kappa shape index (κ2) is 12.4. The van der Waals surface area contributed by atoms with Gasteiger partial charge in [0.15, 0.2) is 5.90 Å². The normalized spacial score (nSPS) is 14.6. The van der Waals surface area contributed by atoms with Crippen LogP contribution in [0, 0.1) is 0 Å². The van der Waals surface area contributed by atoms with E-state index in [1.54, 1.807) is 7.11 Å². The van der Waals surface area contributed by atoms with Gasteiger partial charge in [0, 0.05) is 13.5 Å². The van der Waals surface area contributed by atoms with Gasteiger partial charge in [-0.3, -0.25) is 0 Å². The van der Waals surface area contributed by atoms with Crippen LogP contribution in [0.2, 0.25) is 0 Å². The highest BCUT2D eigenvalue weighted by molar-refractivity contribution is 5.73. The number of hydrogen-bond acceptors (Lipinski definition) is 3. The van der Waals surface area contributed by atoms with Crippen molar-refractivity contribution in [1.29, 1.82) is 0 Å². The summed E-state index contributed by atoms with van der Waals surface area (Å²) in [6, 6.07) is 0.142. The molecule has 3 nitrogen and oxygen atoms in total. The molecule has 0 bridgehead atoms. The molecule has 0 aromatic carbocycles. The number of hydrogen-bond donors (Lipinski definition) is 1. The van der Waals surface area contributed by atoms with Crippen molar-refractivity contribution in [3.8, 4) is 0 Å². The zero-order chi connectivity index (χ0) is 13.6. The van der Waals surface area contributed by atoms with Crippen LogP contribution in [0.15, 0.2) is 29.3 Å². The van der Waals surface area contributed by atoms with Gasteiger partial charge in [0.25, 0.3) is 0 Å². The molecule has 0 aromatic heterocycles. The maximum atomic E-state index is 5.11. The van der Waals surface area contributed by atoms with Crippen LogP contribution in [0.5, 0.6) is 0 Å². The highest BCUT2D eigenvalue weighted by atomic mass is 16.5. The average molecular weight is 252 g/mol. The van der Waals surface area contributed by atoms with Gasteiger partial charge in [-0.25, -0.2) is 4.99 Å². The third-order valence-corrected chi connectivity index (χ3v) is 2.52. The number of nitrogens with zero attached hydrogens (tertiary/aromatic N) is 1. The summed E-state index contributed by atoms with van der Waals surface area (Å²) in [4.78, 5) is 4.50. The van der Waals surface area contributed by atoms with Crippen LogP contribution >= 0.6 is 0 Å². The average Bonchev–Trinajstić information content (AvgIpc) is 2.39. The maximum absolute atomic E-state index is 5.11. The van der Waals surface area contributed by atoms with E-state index in [1.165, 1.54) is 12.8 Å². The second-order valence-corrected chi connectivity index (χ2v) is 4.20. The molecule has 0 amide bonds. The molecule has 0 rings (SSSR count). The van der Waals surface area contributed by atoms with Crippen LogP contribution in [-0.4, -0.2) is 32.1 Å². The largest absolute Gasteiger partial charge is 0.484 e. The van der Waals surface area contributed by atoms with Crippen LogP contribution < -0.4 is 5.32 Å². The minimum atomic E-state index is 0.142. The Morgan fingerprint density at radius 2 is 2.11 bits per heavy atom. The van der Waals surface area contributed by atoms with Crippen molar-refractivity contribution in [2.24, 2.45) is 4.99 Å². The molecular weight excluding hydrogens is 224 g/mol. The smallest absolute Gasteiger partial charge is 0.180 e. The monoisotopic (exact) mass is 252 g/mol. The van der Waals surface area contributed by atoms with Crippen LogP contribution in [-0.2, 0) is 4.74 Å². The van der Waals surface area contributed by atoms with E-state index in [0.717, 1.165) is 25.4 Å². The van der Waals surface area contributed by atoms with Gasteiger partial charge in [-0.1, -0.05) is 44.6 Å². The Balaban J connectivity index is 4.24. The molecule has 0 saturated carbocycles.